The number of carbonyl (C=O) groups excluding carboxylic acids is 1. The van der Waals surface area contributed by atoms with E-state index >= 15 is 0 Å². The van der Waals surface area contributed by atoms with E-state index < -0.39 is 0 Å². The molecular formula is C28H33NO5. The molecule has 0 atom stereocenters. The van der Waals surface area contributed by atoms with Crippen LogP contribution in [0.2, 0.25) is 0 Å². The van der Waals surface area contributed by atoms with Crippen molar-refractivity contribution in [3.8, 4) is 22.6 Å². The van der Waals surface area contributed by atoms with Gasteiger partial charge in [0.15, 0.2) is 0 Å². The summed E-state index contributed by atoms with van der Waals surface area (Å²) in [7, 11) is 1.62. The number of amides is 1. The molecule has 34 heavy (non-hydrogen) atoms. The summed E-state index contributed by atoms with van der Waals surface area (Å²) in [5.74, 6) is 1.24. The SMILES string of the molecule is CCOc1cc(OC)ccc1-c1ccc(C(=O)N(CCO)CCO)c(CCc2ccccc2)c1. The lowest BCUT2D eigenvalue weighted by molar-refractivity contribution is 0.0683. The second-order valence-corrected chi connectivity index (χ2v) is 7.89. The van der Waals surface area contributed by atoms with Crippen LogP contribution in [-0.4, -0.2) is 61.0 Å². The van der Waals surface area contributed by atoms with Gasteiger partial charge in [-0.05, 0) is 54.7 Å². The van der Waals surface area contributed by atoms with Crippen molar-refractivity contribution in [2.24, 2.45) is 0 Å². The largest absolute Gasteiger partial charge is 0.497 e. The summed E-state index contributed by atoms with van der Waals surface area (Å²) in [6.45, 7) is 2.49. The molecule has 6 heteroatoms. The Balaban J connectivity index is 2.02. The summed E-state index contributed by atoms with van der Waals surface area (Å²) < 4.78 is 11.2. The Hall–Kier alpha value is -3.35. The molecule has 0 bridgehead atoms. The van der Waals surface area contributed by atoms with Gasteiger partial charge in [-0.3, -0.25) is 4.79 Å². The lowest BCUT2D eigenvalue weighted by Crippen LogP contribution is -2.36. The van der Waals surface area contributed by atoms with Crippen molar-refractivity contribution in [3.63, 3.8) is 0 Å². The molecule has 3 rings (SSSR count). The van der Waals surface area contributed by atoms with Crippen molar-refractivity contribution < 1.29 is 24.5 Å². The van der Waals surface area contributed by atoms with Crippen molar-refractivity contribution in [1.29, 1.82) is 0 Å². The molecule has 0 saturated heterocycles. The smallest absolute Gasteiger partial charge is 0.254 e. The van der Waals surface area contributed by atoms with Crippen molar-refractivity contribution in [3.05, 3.63) is 83.4 Å². The molecule has 180 valence electrons. The highest BCUT2D eigenvalue weighted by Crippen LogP contribution is 2.35. The number of methoxy groups -OCH3 is 1. The summed E-state index contributed by atoms with van der Waals surface area (Å²) in [4.78, 5) is 14.8. The number of aliphatic hydroxyl groups is 2. The summed E-state index contributed by atoms with van der Waals surface area (Å²) >= 11 is 0. The second-order valence-electron chi connectivity index (χ2n) is 7.89. The van der Waals surface area contributed by atoms with Gasteiger partial charge in [-0.25, -0.2) is 0 Å². The third-order valence-electron chi connectivity index (χ3n) is 5.69. The molecule has 0 heterocycles. The van der Waals surface area contributed by atoms with Gasteiger partial charge in [0, 0.05) is 30.3 Å². The molecule has 0 aliphatic rings. The number of carbonyl (C=O) groups is 1. The van der Waals surface area contributed by atoms with Crippen LogP contribution < -0.4 is 9.47 Å². The lowest BCUT2D eigenvalue weighted by Gasteiger charge is -2.23. The number of ether oxygens (including phenoxy) is 2. The van der Waals surface area contributed by atoms with Crippen LogP contribution in [0.3, 0.4) is 0 Å². The molecule has 2 N–H and O–H groups in total. The van der Waals surface area contributed by atoms with E-state index in [1.54, 1.807) is 7.11 Å². The van der Waals surface area contributed by atoms with Crippen molar-refractivity contribution in [1.82, 2.24) is 4.90 Å². The van der Waals surface area contributed by atoms with Gasteiger partial charge in [0.1, 0.15) is 11.5 Å². The fraction of sp³-hybridized carbons (Fsp3) is 0.321. The zero-order valence-corrected chi connectivity index (χ0v) is 19.9. The predicted octanol–water partition coefficient (Wildman–Crippen LogP) is 3.97. The minimum atomic E-state index is -0.197. The maximum Gasteiger partial charge on any atom is 0.254 e. The minimum absolute atomic E-state index is 0.160. The molecule has 0 spiro atoms. The van der Waals surface area contributed by atoms with E-state index in [0.29, 0.717) is 24.3 Å². The van der Waals surface area contributed by atoms with Crippen molar-refractivity contribution in [2.75, 3.05) is 40.0 Å². The Bertz CT molecular complexity index is 1060. The Morgan fingerprint density at radius 3 is 2.29 bits per heavy atom. The number of hydrogen-bond acceptors (Lipinski definition) is 5. The lowest BCUT2D eigenvalue weighted by atomic mass is 9.94. The maximum absolute atomic E-state index is 13.3. The average Bonchev–Trinajstić information content (AvgIpc) is 2.87. The Labute approximate surface area is 201 Å². The zero-order chi connectivity index (χ0) is 24.3. The van der Waals surface area contributed by atoms with Crippen LogP contribution in [0.4, 0.5) is 0 Å². The number of aliphatic hydroxyl groups excluding tert-OH is 2. The Morgan fingerprint density at radius 1 is 0.912 bits per heavy atom. The van der Waals surface area contributed by atoms with Gasteiger partial charge >= 0.3 is 0 Å². The number of benzene rings is 3. The van der Waals surface area contributed by atoms with E-state index in [-0.39, 0.29) is 32.2 Å². The summed E-state index contributed by atoms with van der Waals surface area (Å²) in [5, 5.41) is 18.8. The van der Waals surface area contributed by atoms with E-state index in [2.05, 4.69) is 12.1 Å². The van der Waals surface area contributed by atoms with E-state index in [1.165, 1.54) is 10.5 Å². The van der Waals surface area contributed by atoms with E-state index in [1.807, 2.05) is 61.5 Å². The fourth-order valence-corrected chi connectivity index (χ4v) is 3.97. The quantitative estimate of drug-likeness (QED) is 0.425. The summed E-state index contributed by atoms with van der Waals surface area (Å²) in [5.41, 5.74) is 4.54. The van der Waals surface area contributed by atoms with Crippen molar-refractivity contribution in [2.45, 2.75) is 19.8 Å². The van der Waals surface area contributed by atoms with E-state index in [4.69, 9.17) is 9.47 Å². The Morgan fingerprint density at radius 2 is 1.65 bits per heavy atom. The molecule has 3 aromatic rings. The zero-order valence-electron chi connectivity index (χ0n) is 19.9. The standard InChI is InChI=1S/C28H33NO5/c1-3-34-27-20-24(33-2)12-14-25(27)22-11-13-26(28(32)29(15-17-30)16-18-31)23(19-22)10-9-21-7-5-4-6-8-21/h4-8,11-14,19-20,30-31H,3,9-10,15-18H2,1-2H3. The van der Waals surface area contributed by atoms with Crippen LogP contribution in [0.15, 0.2) is 66.7 Å². The topological polar surface area (TPSA) is 79.2 Å². The highest BCUT2D eigenvalue weighted by Gasteiger charge is 2.20. The van der Waals surface area contributed by atoms with Crippen LogP contribution in [0.25, 0.3) is 11.1 Å². The van der Waals surface area contributed by atoms with E-state index in [9.17, 15) is 15.0 Å². The minimum Gasteiger partial charge on any atom is -0.497 e. The fourth-order valence-electron chi connectivity index (χ4n) is 3.97. The molecular weight excluding hydrogens is 430 g/mol. The normalized spacial score (nSPS) is 10.7. The monoisotopic (exact) mass is 463 g/mol. The van der Waals surface area contributed by atoms with Crippen molar-refractivity contribution >= 4 is 5.91 Å². The highest BCUT2D eigenvalue weighted by atomic mass is 16.5. The van der Waals surface area contributed by atoms with Crippen LogP contribution >= 0.6 is 0 Å². The number of hydrogen-bond donors (Lipinski definition) is 2. The third-order valence-corrected chi connectivity index (χ3v) is 5.69. The average molecular weight is 464 g/mol. The number of rotatable bonds is 12. The second kappa shape index (κ2) is 12.8. The summed E-state index contributed by atoms with van der Waals surface area (Å²) in [6.07, 6.45) is 1.46. The number of aryl methyl sites for hydroxylation is 2. The number of nitrogens with zero attached hydrogens (tertiary/aromatic N) is 1. The van der Waals surface area contributed by atoms with E-state index in [0.717, 1.165) is 28.9 Å². The van der Waals surface area contributed by atoms with Gasteiger partial charge < -0.3 is 24.6 Å². The van der Waals surface area contributed by atoms with Gasteiger partial charge in [-0.2, -0.15) is 0 Å². The van der Waals surface area contributed by atoms with Crippen LogP contribution in [0, 0.1) is 0 Å². The molecule has 3 aromatic carbocycles. The first-order chi connectivity index (χ1) is 16.6. The molecule has 0 aliphatic heterocycles. The maximum atomic E-state index is 13.3. The third kappa shape index (κ3) is 6.37. The van der Waals surface area contributed by atoms with Crippen LogP contribution in [0.1, 0.15) is 28.4 Å². The molecule has 0 unspecified atom stereocenters. The first-order valence-electron chi connectivity index (χ1n) is 11.6. The molecule has 0 aromatic heterocycles. The molecule has 0 saturated carbocycles. The molecule has 6 nitrogen and oxygen atoms in total. The van der Waals surface area contributed by atoms with Crippen LogP contribution in [-0.2, 0) is 12.8 Å². The van der Waals surface area contributed by atoms with Gasteiger partial charge in [0.25, 0.3) is 5.91 Å². The van der Waals surface area contributed by atoms with Gasteiger partial charge in [0.05, 0.1) is 26.9 Å². The van der Waals surface area contributed by atoms with Gasteiger partial charge in [-0.1, -0.05) is 42.5 Å². The van der Waals surface area contributed by atoms with Gasteiger partial charge in [-0.15, -0.1) is 0 Å². The predicted molar refractivity (Wildman–Crippen MR) is 134 cm³/mol. The highest BCUT2D eigenvalue weighted by molar-refractivity contribution is 5.96. The van der Waals surface area contributed by atoms with Gasteiger partial charge in [0.2, 0.25) is 0 Å². The molecule has 0 radical (unpaired) electrons. The molecule has 0 aliphatic carbocycles. The first-order valence-corrected chi connectivity index (χ1v) is 11.6. The Kier molecular flexibility index (Phi) is 9.50. The van der Waals surface area contributed by atoms with Crippen LogP contribution in [0.5, 0.6) is 11.5 Å². The first kappa shape index (κ1) is 25.3. The molecule has 1 amide bonds. The molecule has 0 fully saturated rings. The summed E-state index contributed by atoms with van der Waals surface area (Å²) in [6, 6.07) is 21.7.